The largest absolute Gasteiger partial charge is 0.385 e. The quantitative estimate of drug-likeness (QED) is 0.715. The van der Waals surface area contributed by atoms with Crippen LogP contribution in [-0.2, 0) is 14.2 Å². The number of methoxy groups -OCH3 is 1. The van der Waals surface area contributed by atoms with Gasteiger partial charge < -0.3 is 19.5 Å². The number of piperidine rings is 1. The molecule has 0 aromatic heterocycles. The van der Waals surface area contributed by atoms with E-state index in [1.807, 2.05) is 0 Å². The molecule has 2 heterocycles. The molecule has 0 aromatic rings. The molecule has 1 unspecified atom stereocenters. The highest BCUT2D eigenvalue weighted by atomic mass is 16.6. The van der Waals surface area contributed by atoms with E-state index >= 15 is 0 Å². The molecule has 4 nitrogen and oxygen atoms in total. The average Bonchev–Trinajstić information content (AvgIpc) is 2.73. The van der Waals surface area contributed by atoms with E-state index in [9.17, 15) is 0 Å². The molecule has 2 rings (SSSR count). The van der Waals surface area contributed by atoms with Crippen molar-refractivity contribution in [3.05, 3.63) is 0 Å². The molecule has 1 N–H and O–H groups in total. The van der Waals surface area contributed by atoms with Crippen LogP contribution in [0.25, 0.3) is 0 Å². The first-order chi connectivity index (χ1) is 8.35. The fourth-order valence-electron chi connectivity index (χ4n) is 2.74. The Morgan fingerprint density at radius 3 is 2.76 bits per heavy atom. The van der Waals surface area contributed by atoms with Gasteiger partial charge in [0, 0.05) is 26.7 Å². The molecule has 1 spiro atoms. The molecule has 0 bridgehead atoms. The monoisotopic (exact) mass is 243 g/mol. The highest BCUT2D eigenvalue weighted by Crippen LogP contribution is 2.35. The molecular weight excluding hydrogens is 218 g/mol. The Morgan fingerprint density at radius 1 is 1.24 bits per heavy atom. The van der Waals surface area contributed by atoms with Crippen LogP contribution in [0.1, 0.15) is 32.1 Å². The molecular formula is C13H25NO3. The van der Waals surface area contributed by atoms with Crippen molar-refractivity contribution in [2.75, 3.05) is 40.0 Å². The summed E-state index contributed by atoms with van der Waals surface area (Å²) < 4.78 is 16.9. The zero-order chi connectivity index (χ0) is 12.0. The Bertz CT molecular complexity index is 217. The van der Waals surface area contributed by atoms with E-state index in [-0.39, 0.29) is 5.60 Å². The standard InChI is InChI=1S/C13H25NO3/c1-15-8-2-3-9-16-12-10-13(17-11-12)4-6-14-7-5-13/h12,14H,2-11H2,1H3. The van der Waals surface area contributed by atoms with Gasteiger partial charge in [-0.15, -0.1) is 0 Å². The predicted octanol–water partition coefficient (Wildman–Crippen LogP) is 1.34. The molecule has 2 aliphatic rings. The van der Waals surface area contributed by atoms with Gasteiger partial charge >= 0.3 is 0 Å². The van der Waals surface area contributed by atoms with Gasteiger partial charge in [0.15, 0.2) is 0 Å². The maximum absolute atomic E-state index is 5.98. The van der Waals surface area contributed by atoms with Crippen LogP contribution in [0.4, 0.5) is 0 Å². The summed E-state index contributed by atoms with van der Waals surface area (Å²) in [7, 11) is 1.74. The highest BCUT2D eigenvalue weighted by molar-refractivity contribution is 4.93. The number of nitrogens with one attached hydrogen (secondary N) is 1. The van der Waals surface area contributed by atoms with E-state index in [1.54, 1.807) is 7.11 Å². The van der Waals surface area contributed by atoms with E-state index in [0.717, 1.165) is 65.0 Å². The minimum Gasteiger partial charge on any atom is -0.385 e. The lowest BCUT2D eigenvalue weighted by molar-refractivity contribution is -0.0234. The highest BCUT2D eigenvalue weighted by Gasteiger charge is 2.41. The minimum absolute atomic E-state index is 0.127. The van der Waals surface area contributed by atoms with Crippen LogP contribution in [0.5, 0.6) is 0 Å². The first kappa shape index (κ1) is 13.3. The third kappa shape index (κ3) is 3.91. The lowest BCUT2D eigenvalue weighted by atomic mass is 9.89. The van der Waals surface area contributed by atoms with Crippen LogP contribution >= 0.6 is 0 Å². The zero-order valence-corrected chi connectivity index (χ0v) is 10.9. The maximum atomic E-state index is 5.98. The van der Waals surface area contributed by atoms with Gasteiger partial charge in [0.2, 0.25) is 0 Å². The van der Waals surface area contributed by atoms with Gasteiger partial charge in [-0.3, -0.25) is 0 Å². The van der Waals surface area contributed by atoms with Crippen LogP contribution in [0.2, 0.25) is 0 Å². The Kier molecular flexibility index (Phi) is 5.22. The normalized spacial score (nSPS) is 27.7. The van der Waals surface area contributed by atoms with E-state index in [0.29, 0.717) is 6.10 Å². The van der Waals surface area contributed by atoms with Crippen LogP contribution < -0.4 is 5.32 Å². The van der Waals surface area contributed by atoms with Gasteiger partial charge in [-0.1, -0.05) is 0 Å². The van der Waals surface area contributed by atoms with E-state index in [2.05, 4.69) is 5.32 Å². The molecule has 100 valence electrons. The van der Waals surface area contributed by atoms with Crippen molar-refractivity contribution in [1.29, 1.82) is 0 Å². The number of unbranched alkanes of at least 4 members (excludes halogenated alkanes) is 1. The number of ether oxygens (including phenoxy) is 3. The van der Waals surface area contributed by atoms with Gasteiger partial charge in [-0.2, -0.15) is 0 Å². The van der Waals surface area contributed by atoms with Crippen molar-refractivity contribution >= 4 is 0 Å². The molecule has 0 amide bonds. The number of rotatable bonds is 6. The second-order valence-electron chi connectivity index (χ2n) is 5.14. The lowest BCUT2D eigenvalue weighted by Gasteiger charge is -2.32. The third-order valence-electron chi connectivity index (χ3n) is 3.79. The second kappa shape index (κ2) is 6.69. The smallest absolute Gasteiger partial charge is 0.0836 e. The van der Waals surface area contributed by atoms with Crippen LogP contribution in [0.3, 0.4) is 0 Å². The lowest BCUT2D eigenvalue weighted by Crippen LogP contribution is -2.41. The Labute approximate surface area is 104 Å². The fraction of sp³-hybridized carbons (Fsp3) is 1.00. The van der Waals surface area contributed by atoms with Gasteiger partial charge in [-0.25, -0.2) is 0 Å². The Balaban J connectivity index is 1.60. The molecule has 17 heavy (non-hydrogen) atoms. The molecule has 2 saturated heterocycles. The van der Waals surface area contributed by atoms with E-state index in [4.69, 9.17) is 14.2 Å². The second-order valence-corrected chi connectivity index (χ2v) is 5.14. The Morgan fingerprint density at radius 2 is 2.00 bits per heavy atom. The van der Waals surface area contributed by atoms with Gasteiger partial charge in [0.1, 0.15) is 0 Å². The van der Waals surface area contributed by atoms with Crippen molar-refractivity contribution < 1.29 is 14.2 Å². The summed E-state index contributed by atoms with van der Waals surface area (Å²) in [6, 6.07) is 0. The Hall–Kier alpha value is -0.160. The molecule has 2 aliphatic heterocycles. The summed E-state index contributed by atoms with van der Waals surface area (Å²) in [6.07, 6.45) is 5.83. The van der Waals surface area contributed by atoms with Crippen LogP contribution in [0, 0.1) is 0 Å². The summed E-state index contributed by atoms with van der Waals surface area (Å²) in [5.74, 6) is 0. The van der Waals surface area contributed by atoms with Crippen molar-refractivity contribution in [1.82, 2.24) is 5.32 Å². The first-order valence-electron chi connectivity index (χ1n) is 6.80. The van der Waals surface area contributed by atoms with Gasteiger partial charge in [0.05, 0.1) is 18.3 Å². The number of hydrogen-bond acceptors (Lipinski definition) is 4. The minimum atomic E-state index is 0.127. The van der Waals surface area contributed by atoms with E-state index in [1.165, 1.54) is 0 Å². The topological polar surface area (TPSA) is 39.7 Å². The molecule has 4 heteroatoms. The molecule has 2 fully saturated rings. The summed E-state index contributed by atoms with van der Waals surface area (Å²) in [4.78, 5) is 0. The molecule has 0 aliphatic carbocycles. The van der Waals surface area contributed by atoms with Crippen molar-refractivity contribution in [2.24, 2.45) is 0 Å². The van der Waals surface area contributed by atoms with Crippen LogP contribution in [-0.4, -0.2) is 51.7 Å². The molecule has 0 aromatic carbocycles. The number of hydrogen-bond donors (Lipinski definition) is 1. The molecule has 1 atom stereocenters. The molecule has 0 radical (unpaired) electrons. The first-order valence-corrected chi connectivity index (χ1v) is 6.80. The van der Waals surface area contributed by atoms with Gasteiger partial charge in [0.25, 0.3) is 0 Å². The van der Waals surface area contributed by atoms with Gasteiger partial charge in [-0.05, 0) is 38.8 Å². The van der Waals surface area contributed by atoms with Crippen molar-refractivity contribution in [2.45, 2.75) is 43.8 Å². The summed E-state index contributed by atoms with van der Waals surface area (Å²) in [6.45, 7) is 4.62. The summed E-state index contributed by atoms with van der Waals surface area (Å²) in [5, 5.41) is 3.38. The predicted molar refractivity (Wildman–Crippen MR) is 66.3 cm³/mol. The third-order valence-corrected chi connectivity index (χ3v) is 3.79. The summed E-state index contributed by atoms with van der Waals surface area (Å²) in [5.41, 5.74) is 0.127. The van der Waals surface area contributed by atoms with Crippen LogP contribution in [0.15, 0.2) is 0 Å². The SMILES string of the molecule is COCCCCOC1COC2(CCNCC2)C1. The van der Waals surface area contributed by atoms with E-state index < -0.39 is 0 Å². The zero-order valence-electron chi connectivity index (χ0n) is 10.9. The van der Waals surface area contributed by atoms with Crippen molar-refractivity contribution in [3.63, 3.8) is 0 Å². The fourth-order valence-corrected chi connectivity index (χ4v) is 2.74. The summed E-state index contributed by atoms with van der Waals surface area (Å²) >= 11 is 0. The molecule has 0 saturated carbocycles. The average molecular weight is 243 g/mol. The van der Waals surface area contributed by atoms with Crippen molar-refractivity contribution in [3.8, 4) is 0 Å². The maximum Gasteiger partial charge on any atom is 0.0836 e.